The average Bonchev–Trinajstić information content (AvgIpc) is 2.42. The van der Waals surface area contributed by atoms with E-state index in [2.05, 4.69) is 5.32 Å². The van der Waals surface area contributed by atoms with Crippen molar-refractivity contribution in [1.29, 1.82) is 0 Å². The van der Waals surface area contributed by atoms with E-state index in [4.69, 9.17) is 16.7 Å². The van der Waals surface area contributed by atoms with Gasteiger partial charge in [-0.2, -0.15) is 11.8 Å². The minimum Gasteiger partial charge on any atom is -0.396 e. The van der Waals surface area contributed by atoms with Crippen molar-refractivity contribution >= 4 is 35.0 Å². The summed E-state index contributed by atoms with van der Waals surface area (Å²) in [5.74, 6) is 1.10. The normalized spacial score (nSPS) is 10.3. The van der Waals surface area contributed by atoms with E-state index in [1.807, 2.05) is 0 Å². The van der Waals surface area contributed by atoms with Crippen molar-refractivity contribution in [1.82, 2.24) is 5.32 Å². The number of aliphatic hydroxyl groups excluding tert-OH is 1. The lowest BCUT2D eigenvalue weighted by Gasteiger charge is -2.06. The molecule has 0 heterocycles. The summed E-state index contributed by atoms with van der Waals surface area (Å²) in [5.41, 5.74) is -0.183. The molecule has 0 bridgehead atoms. The molecule has 1 rings (SSSR count). The Hall–Kier alpha value is -1.31. The zero-order chi connectivity index (χ0) is 15.0. The molecule has 0 radical (unpaired) electrons. The van der Waals surface area contributed by atoms with Crippen molar-refractivity contribution in [2.75, 3.05) is 24.7 Å². The van der Waals surface area contributed by atoms with Gasteiger partial charge in [-0.1, -0.05) is 17.7 Å². The summed E-state index contributed by atoms with van der Waals surface area (Å²) in [5, 5.41) is 21.8. The van der Waals surface area contributed by atoms with E-state index in [-0.39, 0.29) is 22.9 Å². The lowest BCUT2D eigenvalue weighted by atomic mass is 10.2. The molecule has 1 aromatic rings. The summed E-state index contributed by atoms with van der Waals surface area (Å²) < 4.78 is 0. The highest BCUT2D eigenvalue weighted by Gasteiger charge is 2.19. The van der Waals surface area contributed by atoms with Crippen LogP contribution in [0.5, 0.6) is 0 Å². The first-order valence-corrected chi connectivity index (χ1v) is 7.51. The van der Waals surface area contributed by atoms with Gasteiger partial charge < -0.3 is 10.4 Å². The van der Waals surface area contributed by atoms with Gasteiger partial charge in [-0.3, -0.25) is 14.9 Å². The highest BCUT2D eigenvalue weighted by molar-refractivity contribution is 7.99. The smallest absolute Gasteiger partial charge is 0.288 e. The number of nitrogens with one attached hydrogen (secondary N) is 1. The quantitative estimate of drug-likeness (QED) is 0.435. The van der Waals surface area contributed by atoms with Crippen LogP contribution >= 0.6 is 23.4 Å². The van der Waals surface area contributed by atoms with Gasteiger partial charge in [0, 0.05) is 25.0 Å². The van der Waals surface area contributed by atoms with E-state index in [0.29, 0.717) is 12.3 Å². The standard InChI is InChI=1S/C12H15ClN2O4S/c13-11-9(3-1-4-10(11)15(18)19)12(17)14-5-8-20-7-2-6-16/h1,3-4,16H,2,5-8H2,(H,14,17). The number of benzene rings is 1. The van der Waals surface area contributed by atoms with Crippen molar-refractivity contribution in [2.24, 2.45) is 0 Å². The number of thioether (sulfide) groups is 1. The largest absolute Gasteiger partial charge is 0.396 e. The maximum atomic E-state index is 11.9. The summed E-state index contributed by atoms with van der Waals surface area (Å²) >= 11 is 7.46. The monoisotopic (exact) mass is 318 g/mol. The minimum atomic E-state index is -0.621. The Morgan fingerprint density at radius 3 is 2.85 bits per heavy atom. The molecule has 1 amide bonds. The van der Waals surface area contributed by atoms with E-state index >= 15 is 0 Å². The second-order valence-electron chi connectivity index (χ2n) is 3.84. The van der Waals surface area contributed by atoms with Crippen molar-refractivity contribution < 1.29 is 14.8 Å². The first kappa shape index (κ1) is 16.7. The van der Waals surface area contributed by atoms with Crippen molar-refractivity contribution in [3.63, 3.8) is 0 Å². The Balaban J connectivity index is 2.52. The Kier molecular flexibility index (Phi) is 7.35. The molecule has 1 aromatic carbocycles. The fraction of sp³-hybridized carbons (Fsp3) is 0.417. The number of hydrogen-bond donors (Lipinski definition) is 2. The summed E-state index contributed by atoms with van der Waals surface area (Å²) in [7, 11) is 0. The van der Waals surface area contributed by atoms with Crippen molar-refractivity contribution in [3.8, 4) is 0 Å². The second-order valence-corrected chi connectivity index (χ2v) is 5.44. The number of rotatable bonds is 8. The molecule has 20 heavy (non-hydrogen) atoms. The lowest BCUT2D eigenvalue weighted by Crippen LogP contribution is -2.26. The van der Waals surface area contributed by atoms with Gasteiger partial charge in [0.15, 0.2) is 0 Å². The fourth-order valence-electron chi connectivity index (χ4n) is 1.44. The number of nitrogens with zero attached hydrogens (tertiary/aromatic N) is 1. The zero-order valence-corrected chi connectivity index (χ0v) is 12.2. The summed E-state index contributed by atoms with van der Waals surface area (Å²) in [6.45, 7) is 0.594. The van der Waals surface area contributed by atoms with Crippen LogP contribution in [-0.4, -0.2) is 40.6 Å². The predicted molar refractivity (Wildman–Crippen MR) is 79.5 cm³/mol. The third-order valence-electron chi connectivity index (χ3n) is 2.40. The Morgan fingerprint density at radius 1 is 1.45 bits per heavy atom. The molecule has 6 nitrogen and oxygen atoms in total. The number of halogens is 1. The van der Waals surface area contributed by atoms with E-state index in [1.54, 1.807) is 11.8 Å². The average molecular weight is 319 g/mol. The first-order chi connectivity index (χ1) is 9.57. The van der Waals surface area contributed by atoms with E-state index in [1.165, 1.54) is 18.2 Å². The summed E-state index contributed by atoms with van der Waals surface area (Å²) in [6, 6.07) is 4.13. The van der Waals surface area contributed by atoms with Crippen LogP contribution in [0.1, 0.15) is 16.8 Å². The molecule has 0 aliphatic rings. The highest BCUT2D eigenvalue weighted by atomic mass is 35.5. The number of nitro benzene ring substituents is 1. The number of carbonyl (C=O) groups excluding carboxylic acids is 1. The summed E-state index contributed by atoms with van der Waals surface area (Å²) in [6.07, 6.45) is 0.718. The molecule has 0 fully saturated rings. The molecule has 2 N–H and O–H groups in total. The highest BCUT2D eigenvalue weighted by Crippen LogP contribution is 2.27. The van der Waals surface area contributed by atoms with Crippen LogP contribution in [0.2, 0.25) is 5.02 Å². The van der Waals surface area contributed by atoms with E-state index < -0.39 is 10.8 Å². The minimum absolute atomic E-state index is 0.0984. The van der Waals surface area contributed by atoms with Crippen LogP contribution in [-0.2, 0) is 0 Å². The SMILES string of the molecule is O=C(NCCSCCCO)c1cccc([N+](=O)[O-])c1Cl. The molecule has 0 atom stereocenters. The van der Waals surface area contributed by atoms with Crippen LogP contribution in [0.4, 0.5) is 5.69 Å². The number of nitro groups is 1. The third-order valence-corrected chi connectivity index (χ3v) is 3.87. The second kappa shape index (κ2) is 8.78. The van der Waals surface area contributed by atoms with Crippen LogP contribution in [0.25, 0.3) is 0 Å². The Bertz CT molecular complexity index is 485. The number of carbonyl (C=O) groups is 1. The summed E-state index contributed by atoms with van der Waals surface area (Å²) in [4.78, 5) is 22.0. The maximum absolute atomic E-state index is 11.9. The van der Waals surface area contributed by atoms with Crippen LogP contribution < -0.4 is 5.32 Å². The number of hydrogen-bond acceptors (Lipinski definition) is 5. The molecule has 0 aliphatic carbocycles. The van der Waals surface area contributed by atoms with Gasteiger partial charge in [-0.15, -0.1) is 0 Å². The molecule has 0 saturated carbocycles. The Morgan fingerprint density at radius 2 is 2.20 bits per heavy atom. The Labute approximate surface area is 125 Å². The molecule has 0 aliphatic heterocycles. The molecule has 0 spiro atoms. The van der Waals surface area contributed by atoms with E-state index in [9.17, 15) is 14.9 Å². The van der Waals surface area contributed by atoms with Crippen molar-refractivity contribution in [3.05, 3.63) is 38.9 Å². The van der Waals surface area contributed by atoms with Gasteiger partial charge in [0.2, 0.25) is 0 Å². The maximum Gasteiger partial charge on any atom is 0.288 e. The predicted octanol–water partition coefficient (Wildman–Crippen LogP) is 2.09. The topological polar surface area (TPSA) is 92.5 Å². The molecule has 0 aromatic heterocycles. The first-order valence-electron chi connectivity index (χ1n) is 5.97. The molecule has 0 unspecified atom stereocenters. The molecule has 0 saturated heterocycles. The van der Waals surface area contributed by atoms with E-state index in [0.717, 1.165) is 12.2 Å². The molecular weight excluding hydrogens is 304 g/mol. The fourth-order valence-corrected chi connectivity index (χ4v) is 2.50. The van der Waals surface area contributed by atoms with Gasteiger partial charge in [0.1, 0.15) is 5.02 Å². The number of aliphatic hydroxyl groups is 1. The van der Waals surface area contributed by atoms with Gasteiger partial charge in [0.25, 0.3) is 11.6 Å². The molecular formula is C12H15ClN2O4S. The van der Waals surface area contributed by atoms with Crippen molar-refractivity contribution in [2.45, 2.75) is 6.42 Å². The zero-order valence-electron chi connectivity index (χ0n) is 10.7. The van der Waals surface area contributed by atoms with Gasteiger partial charge in [-0.25, -0.2) is 0 Å². The third kappa shape index (κ3) is 4.99. The van der Waals surface area contributed by atoms with Gasteiger partial charge in [-0.05, 0) is 18.2 Å². The van der Waals surface area contributed by atoms with Gasteiger partial charge in [0.05, 0.1) is 10.5 Å². The van der Waals surface area contributed by atoms with Crippen LogP contribution in [0.3, 0.4) is 0 Å². The van der Waals surface area contributed by atoms with Gasteiger partial charge >= 0.3 is 0 Å². The molecule has 110 valence electrons. The number of amides is 1. The van der Waals surface area contributed by atoms with Crippen LogP contribution in [0, 0.1) is 10.1 Å². The lowest BCUT2D eigenvalue weighted by molar-refractivity contribution is -0.384. The van der Waals surface area contributed by atoms with Crippen LogP contribution in [0.15, 0.2) is 18.2 Å². The molecule has 8 heteroatoms.